The third-order valence-corrected chi connectivity index (χ3v) is 6.52. The second kappa shape index (κ2) is 3.80. The van der Waals surface area contributed by atoms with Crippen LogP contribution in [-0.2, 0) is 9.47 Å². The Morgan fingerprint density at radius 2 is 1.86 bits per heavy atom. The van der Waals surface area contributed by atoms with Crippen LogP contribution in [0, 0.1) is 34.5 Å². The van der Waals surface area contributed by atoms with Crippen LogP contribution in [0.25, 0.3) is 0 Å². The fourth-order valence-corrected chi connectivity index (χ4v) is 5.70. The minimum absolute atomic E-state index is 0.0374. The summed E-state index contributed by atoms with van der Waals surface area (Å²) in [5.74, 6) is 0.214. The second-order valence-corrected chi connectivity index (χ2v) is 7.99. The highest BCUT2D eigenvalue weighted by molar-refractivity contribution is 5.34. The molecule has 2 saturated heterocycles. The Balaban J connectivity index is 1.82. The first-order valence-electron chi connectivity index (χ1n) is 7.90. The summed E-state index contributed by atoms with van der Waals surface area (Å²) in [5, 5.41) is 30.9. The fraction of sp³-hybridized carbons (Fsp3) is 0.938. The summed E-state index contributed by atoms with van der Waals surface area (Å²) in [6, 6.07) is 2.53. The maximum absolute atomic E-state index is 10.6. The molecule has 5 heteroatoms. The molecular formula is C16H23NO4. The Kier molecular flexibility index (Phi) is 2.53. The molecule has 0 bridgehead atoms. The number of aliphatic hydroxyl groups is 2. The third kappa shape index (κ3) is 1.40. The molecule has 0 unspecified atom stereocenters. The zero-order valence-corrected chi connectivity index (χ0v) is 12.7. The highest BCUT2D eigenvalue weighted by atomic mass is 16.7. The van der Waals surface area contributed by atoms with Crippen molar-refractivity contribution in [2.75, 3.05) is 6.61 Å². The SMILES string of the molecule is C[C@@H]1C[C@@]2(C#N)C[C@H](C)[C@@H]3[C@@H](OC[C@@]3(C)O)[C@@]23O[C@H]3[C@H]1O. The van der Waals surface area contributed by atoms with Crippen molar-refractivity contribution in [1.29, 1.82) is 5.26 Å². The first-order chi connectivity index (χ1) is 9.79. The molecule has 0 radical (unpaired) electrons. The molecule has 4 rings (SSSR count). The van der Waals surface area contributed by atoms with Crippen molar-refractivity contribution in [3.05, 3.63) is 0 Å². The van der Waals surface area contributed by atoms with E-state index in [1.165, 1.54) is 0 Å². The van der Waals surface area contributed by atoms with Gasteiger partial charge < -0.3 is 19.7 Å². The number of aliphatic hydroxyl groups excluding tert-OH is 1. The molecule has 2 heterocycles. The van der Waals surface area contributed by atoms with Crippen LogP contribution in [0.15, 0.2) is 0 Å². The van der Waals surface area contributed by atoms with Crippen LogP contribution in [-0.4, -0.2) is 46.3 Å². The first-order valence-corrected chi connectivity index (χ1v) is 7.90. The lowest BCUT2D eigenvalue weighted by molar-refractivity contribution is -0.106. The average Bonchev–Trinajstić information content (AvgIpc) is 3.08. The molecule has 2 aliphatic carbocycles. The van der Waals surface area contributed by atoms with E-state index in [9.17, 15) is 15.5 Å². The topological polar surface area (TPSA) is 86.0 Å². The van der Waals surface area contributed by atoms with Gasteiger partial charge in [0.05, 0.1) is 35.9 Å². The third-order valence-electron chi connectivity index (χ3n) is 6.52. The molecule has 0 aromatic heterocycles. The summed E-state index contributed by atoms with van der Waals surface area (Å²) in [6.45, 7) is 6.17. The van der Waals surface area contributed by atoms with E-state index in [1.54, 1.807) is 0 Å². The number of epoxide rings is 1. The maximum Gasteiger partial charge on any atom is 0.142 e. The van der Waals surface area contributed by atoms with E-state index in [2.05, 4.69) is 13.0 Å². The zero-order chi connectivity index (χ0) is 15.2. The van der Waals surface area contributed by atoms with E-state index >= 15 is 0 Å². The van der Waals surface area contributed by atoms with Gasteiger partial charge in [-0.15, -0.1) is 0 Å². The van der Waals surface area contributed by atoms with Crippen LogP contribution >= 0.6 is 0 Å². The Morgan fingerprint density at radius 3 is 2.52 bits per heavy atom. The monoisotopic (exact) mass is 293 g/mol. The van der Waals surface area contributed by atoms with Crippen molar-refractivity contribution in [2.45, 2.75) is 63.1 Å². The molecule has 4 fully saturated rings. The van der Waals surface area contributed by atoms with Crippen LogP contribution in [0.4, 0.5) is 0 Å². The quantitative estimate of drug-likeness (QED) is 0.646. The van der Waals surface area contributed by atoms with E-state index in [0.717, 1.165) is 0 Å². The Labute approximate surface area is 124 Å². The van der Waals surface area contributed by atoms with E-state index in [0.29, 0.717) is 12.8 Å². The number of hydrogen-bond donors (Lipinski definition) is 2. The molecule has 0 aromatic rings. The Bertz CT molecular complexity index is 529. The van der Waals surface area contributed by atoms with Gasteiger partial charge >= 0.3 is 0 Å². The van der Waals surface area contributed by atoms with Crippen LogP contribution < -0.4 is 0 Å². The van der Waals surface area contributed by atoms with Crippen LogP contribution in [0.2, 0.25) is 0 Å². The number of ether oxygens (including phenoxy) is 2. The van der Waals surface area contributed by atoms with Gasteiger partial charge in [-0.05, 0) is 31.6 Å². The number of nitrogens with zero attached hydrogens (tertiary/aromatic N) is 1. The highest BCUT2D eigenvalue weighted by Crippen LogP contribution is 2.70. The smallest absolute Gasteiger partial charge is 0.142 e. The summed E-state index contributed by atoms with van der Waals surface area (Å²) >= 11 is 0. The van der Waals surface area contributed by atoms with Gasteiger partial charge in [-0.25, -0.2) is 0 Å². The van der Waals surface area contributed by atoms with E-state index in [1.807, 2.05) is 13.8 Å². The molecule has 5 nitrogen and oxygen atoms in total. The van der Waals surface area contributed by atoms with Crippen molar-refractivity contribution >= 4 is 0 Å². The molecule has 21 heavy (non-hydrogen) atoms. The predicted octanol–water partition coefficient (Wildman–Crippen LogP) is 0.840. The number of nitriles is 1. The van der Waals surface area contributed by atoms with Crippen LogP contribution in [0.5, 0.6) is 0 Å². The minimum Gasteiger partial charge on any atom is -0.390 e. The van der Waals surface area contributed by atoms with Crippen molar-refractivity contribution < 1.29 is 19.7 Å². The molecule has 9 atom stereocenters. The largest absolute Gasteiger partial charge is 0.390 e. The van der Waals surface area contributed by atoms with Crippen molar-refractivity contribution in [1.82, 2.24) is 0 Å². The predicted molar refractivity (Wildman–Crippen MR) is 73.1 cm³/mol. The van der Waals surface area contributed by atoms with E-state index in [4.69, 9.17) is 9.47 Å². The maximum atomic E-state index is 10.6. The zero-order valence-electron chi connectivity index (χ0n) is 12.7. The van der Waals surface area contributed by atoms with Crippen LogP contribution in [0.1, 0.15) is 33.6 Å². The van der Waals surface area contributed by atoms with Gasteiger partial charge in [-0.3, -0.25) is 0 Å². The molecule has 1 spiro atoms. The molecule has 2 aliphatic heterocycles. The number of rotatable bonds is 0. The molecular weight excluding hydrogens is 270 g/mol. The Hall–Kier alpha value is -0.670. The van der Waals surface area contributed by atoms with Crippen LogP contribution in [0.3, 0.4) is 0 Å². The standard InChI is InChI=1S/C16H23NO4/c1-8-4-15(6-17)5-9(2)11(18)13-16(15,21-13)12-10(8)14(3,19)7-20-12/h8-13,18-19H,4-5,7H2,1-3H3/t8-,9+,10+,11-,12+,13-,14+,15+,16-/m0/s1. The van der Waals surface area contributed by atoms with Gasteiger partial charge in [0.1, 0.15) is 11.7 Å². The normalized spacial score (nSPS) is 65.0. The average molecular weight is 293 g/mol. The number of fused-ring (bicyclic) bond motifs is 1. The van der Waals surface area contributed by atoms with E-state index in [-0.39, 0.29) is 36.6 Å². The summed E-state index contributed by atoms with van der Waals surface area (Å²) < 4.78 is 11.9. The molecule has 116 valence electrons. The van der Waals surface area contributed by atoms with Gasteiger partial charge in [0.15, 0.2) is 0 Å². The summed E-state index contributed by atoms with van der Waals surface area (Å²) in [7, 11) is 0. The lowest BCUT2D eigenvalue weighted by atomic mass is 9.50. The lowest BCUT2D eigenvalue weighted by Gasteiger charge is -2.51. The first kappa shape index (κ1) is 14.0. The minimum atomic E-state index is -0.884. The highest BCUT2D eigenvalue weighted by Gasteiger charge is 2.83. The molecule has 4 aliphatic rings. The van der Waals surface area contributed by atoms with Gasteiger partial charge in [0.25, 0.3) is 0 Å². The summed E-state index contributed by atoms with van der Waals surface area (Å²) in [4.78, 5) is 0. The fourth-order valence-electron chi connectivity index (χ4n) is 5.70. The van der Waals surface area contributed by atoms with Gasteiger partial charge in [-0.2, -0.15) is 5.26 Å². The van der Waals surface area contributed by atoms with Gasteiger partial charge in [0.2, 0.25) is 0 Å². The van der Waals surface area contributed by atoms with Crippen molar-refractivity contribution in [3.8, 4) is 6.07 Å². The molecule has 0 aromatic carbocycles. The van der Waals surface area contributed by atoms with Gasteiger partial charge in [0, 0.05) is 5.92 Å². The van der Waals surface area contributed by atoms with Crippen molar-refractivity contribution in [3.63, 3.8) is 0 Å². The van der Waals surface area contributed by atoms with E-state index < -0.39 is 22.7 Å². The lowest BCUT2D eigenvalue weighted by Crippen LogP contribution is -2.63. The molecule has 2 saturated carbocycles. The summed E-state index contributed by atoms with van der Waals surface area (Å²) in [6.07, 6.45) is 0.186. The number of hydrogen-bond acceptors (Lipinski definition) is 5. The van der Waals surface area contributed by atoms with Gasteiger partial charge in [-0.1, -0.05) is 13.8 Å². The second-order valence-electron chi connectivity index (χ2n) is 7.99. The molecule has 0 amide bonds. The van der Waals surface area contributed by atoms with Crippen molar-refractivity contribution in [2.24, 2.45) is 23.2 Å². The Morgan fingerprint density at radius 1 is 1.19 bits per heavy atom. The molecule has 2 N–H and O–H groups in total. The summed E-state index contributed by atoms with van der Waals surface area (Å²) in [5.41, 5.74) is -2.20.